The summed E-state index contributed by atoms with van der Waals surface area (Å²) in [7, 11) is 0. The van der Waals surface area contributed by atoms with Gasteiger partial charge in [-0.2, -0.15) is 11.8 Å². The number of halogens is 2. The Labute approximate surface area is 189 Å². The number of hydrogen-bond donors (Lipinski definition) is 2. The molecule has 1 aromatic carbocycles. The first-order valence-electron chi connectivity index (χ1n) is 10.1. The van der Waals surface area contributed by atoms with Crippen LogP contribution >= 0.6 is 35.7 Å². The predicted octanol–water partition coefficient (Wildman–Crippen LogP) is 4.33. The maximum Gasteiger partial charge on any atom is 0.191 e. The van der Waals surface area contributed by atoms with Crippen LogP contribution in [0.3, 0.4) is 0 Å². The van der Waals surface area contributed by atoms with E-state index in [2.05, 4.69) is 23.8 Å². The van der Waals surface area contributed by atoms with Crippen molar-refractivity contribution in [2.75, 3.05) is 32.6 Å². The van der Waals surface area contributed by atoms with Crippen molar-refractivity contribution in [3.63, 3.8) is 0 Å². The minimum absolute atomic E-state index is 0. The molecule has 1 aliphatic heterocycles. The Morgan fingerprint density at radius 1 is 1.32 bits per heavy atom. The molecule has 0 radical (unpaired) electrons. The molecular formula is C21H33FIN3OS. The van der Waals surface area contributed by atoms with Crippen LogP contribution < -0.4 is 10.6 Å². The van der Waals surface area contributed by atoms with E-state index in [9.17, 15) is 4.39 Å². The summed E-state index contributed by atoms with van der Waals surface area (Å²) in [6.45, 7) is 4.98. The van der Waals surface area contributed by atoms with Gasteiger partial charge in [-0.15, -0.1) is 24.0 Å². The molecule has 1 saturated heterocycles. The van der Waals surface area contributed by atoms with E-state index in [1.165, 1.54) is 25.3 Å². The highest BCUT2D eigenvalue weighted by Gasteiger charge is 2.35. The van der Waals surface area contributed by atoms with Gasteiger partial charge >= 0.3 is 0 Å². The van der Waals surface area contributed by atoms with Gasteiger partial charge in [0.25, 0.3) is 0 Å². The average Bonchev–Trinajstić information content (AvgIpc) is 3.15. The third kappa shape index (κ3) is 6.23. The van der Waals surface area contributed by atoms with Crippen LogP contribution in [0.1, 0.15) is 44.6 Å². The highest BCUT2D eigenvalue weighted by Crippen LogP contribution is 2.35. The Morgan fingerprint density at radius 3 is 2.75 bits per heavy atom. The van der Waals surface area contributed by atoms with Crippen LogP contribution in [0.25, 0.3) is 0 Å². The molecule has 1 saturated carbocycles. The van der Waals surface area contributed by atoms with Gasteiger partial charge in [-0.05, 0) is 63.0 Å². The molecule has 0 amide bonds. The van der Waals surface area contributed by atoms with Gasteiger partial charge < -0.3 is 15.4 Å². The van der Waals surface area contributed by atoms with Crippen molar-refractivity contribution in [2.24, 2.45) is 4.99 Å². The molecule has 158 valence electrons. The highest BCUT2D eigenvalue weighted by atomic mass is 127. The Balaban J connectivity index is 0.00000280. The quantitative estimate of drug-likeness (QED) is 0.333. The van der Waals surface area contributed by atoms with E-state index in [4.69, 9.17) is 9.73 Å². The molecule has 4 nitrogen and oxygen atoms in total. The second-order valence-corrected chi connectivity index (χ2v) is 8.75. The number of thioether (sulfide) groups is 1. The first kappa shape index (κ1) is 23.7. The number of ether oxygens (including phenoxy) is 1. The van der Waals surface area contributed by atoms with Gasteiger partial charge in [0.15, 0.2) is 5.96 Å². The zero-order chi connectivity index (χ0) is 19.1. The number of aliphatic imine (C=N–C) groups is 1. The van der Waals surface area contributed by atoms with Crippen LogP contribution in [0.15, 0.2) is 29.3 Å². The summed E-state index contributed by atoms with van der Waals surface area (Å²) in [5.74, 6) is 0.702. The van der Waals surface area contributed by atoms with Gasteiger partial charge in [0.2, 0.25) is 0 Å². The number of hydrogen-bond acceptors (Lipinski definition) is 3. The fourth-order valence-electron chi connectivity index (χ4n) is 4.15. The molecular weight excluding hydrogens is 488 g/mol. The smallest absolute Gasteiger partial charge is 0.191 e. The molecule has 2 N–H and O–H groups in total. The van der Waals surface area contributed by atoms with Gasteiger partial charge in [0, 0.05) is 36.5 Å². The summed E-state index contributed by atoms with van der Waals surface area (Å²) in [6, 6.07) is 7.50. The predicted molar refractivity (Wildman–Crippen MR) is 128 cm³/mol. The molecule has 0 aromatic heterocycles. The Morgan fingerprint density at radius 2 is 2.11 bits per heavy atom. The van der Waals surface area contributed by atoms with E-state index in [1.807, 2.05) is 17.8 Å². The van der Waals surface area contributed by atoms with Gasteiger partial charge in [-0.3, -0.25) is 4.99 Å². The Hall–Kier alpha value is -0.540. The second kappa shape index (κ2) is 11.6. The van der Waals surface area contributed by atoms with Gasteiger partial charge in [-0.1, -0.05) is 12.1 Å². The number of guanidine groups is 1. The van der Waals surface area contributed by atoms with Gasteiger partial charge in [0.1, 0.15) is 5.82 Å². The summed E-state index contributed by atoms with van der Waals surface area (Å²) in [4.78, 5) is 4.94. The Kier molecular flexibility index (Phi) is 9.83. The normalized spacial score (nSPS) is 24.5. The molecule has 2 fully saturated rings. The molecule has 1 heterocycles. The monoisotopic (exact) mass is 521 g/mol. The second-order valence-electron chi connectivity index (χ2n) is 7.61. The number of rotatable bonds is 6. The van der Waals surface area contributed by atoms with Crippen LogP contribution in [-0.2, 0) is 10.2 Å². The topological polar surface area (TPSA) is 45.7 Å². The molecule has 2 unspecified atom stereocenters. The number of nitrogens with zero attached hydrogens (tertiary/aromatic N) is 1. The summed E-state index contributed by atoms with van der Waals surface area (Å²) in [6.07, 6.45) is 7.59. The zero-order valence-electron chi connectivity index (χ0n) is 16.9. The largest absolute Gasteiger partial charge is 0.381 e. The van der Waals surface area contributed by atoms with Crippen molar-refractivity contribution in [3.8, 4) is 0 Å². The van der Waals surface area contributed by atoms with Crippen molar-refractivity contribution < 1.29 is 9.13 Å². The van der Waals surface area contributed by atoms with E-state index in [0.29, 0.717) is 25.8 Å². The molecule has 7 heteroatoms. The lowest BCUT2D eigenvalue weighted by Gasteiger charge is -2.36. The van der Waals surface area contributed by atoms with Gasteiger partial charge in [0.05, 0.1) is 6.54 Å². The van der Waals surface area contributed by atoms with Crippen LogP contribution in [0, 0.1) is 5.82 Å². The summed E-state index contributed by atoms with van der Waals surface area (Å²) in [5.41, 5.74) is 0.883. The number of benzene rings is 1. The lowest BCUT2D eigenvalue weighted by atomic mass is 9.74. The maximum absolute atomic E-state index is 13.9. The summed E-state index contributed by atoms with van der Waals surface area (Å²) < 4.78 is 19.4. The molecule has 2 atom stereocenters. The third-order valence-corrected chi connectivity index (χ3v) is 6.92. The molecule has 0 spiro atoms. The van der Waals surface area contributed by atoms with Crippen molar-refractivity contribution in [1.29, 1.82) is 0 Å². The van der Waals surface area contributed by atoms with Crippen LogP contribution in [0.2, 0.25) is 0 Å². The van der Waals surface area contributed by atoms with Crippen molar-refractivity contribution in [3.05, 3.63) is 35.6 Å². The first-order chi connectivity index (χ1) is 13.1. The molecule has 3 rings (SSSR count). The van der Waals surface area contributed by atoms with Crippen molar-refractivity contribution >= 4 is 41.7 Å². The lowest BCUT2D eigenvalue weighted by molar-refractivity contribution is 0.0530. The first-order valence-corrected chi connectivity index (χ1v) is 11.4. The molecule has 0 bridgehead atoms. The van der Waals surface area contributed by atoms with E-state index in [1.54, 1.807) is 12.1 Å². The molecule has 2 aliphatic rings. The maximum atomic E-state index is 13.9. The van der Waals surface area contributed by atoms with E-state index >= 15 is 0 Å². The standard InChI is InChI=1S/C21H32FN3OS.HI/c1-3-23-20(25-18-7-8-19(14-18)27-2)24-15-21(9-11-26-12-10-21)16-5-4-6-17(22)13-16;/h4-6,13,18-19H,3,7-12,14-15H2,1-2H3,(H2,23,24,25);1H. The highest BCUT2D eigenvalue weighted by molar-refractivity contribution is 14.0. The molecule has 1 aromatic rings. The fraction of sp³-hybridized carbons (Fsp3) is 0.667. The Bertz CT molecular complexity index is 640. The molecule has 28 heavy (non-hydrogen) atoms. The lowest BCUT2D eigenvalue weighted by Crippen LogP contribution is -2.44. The van der Waals surface area contributed by atoms with Crippen LogP contribution in [0.4, 0.5) is 4.39 Å². The minimum Gasteiger partial charge on any atom is -0.381 e. The number of nitrogens with one attached hydrogen (secondary N) is 2. The van der Waals surface area contributed by atoms with Gasteiger partial charge in [-0.25, -0.2) is 4.39 Å². The van der Waals surface area contributed by atoms with E-state index in [0.717, 1.165) is 36.2 Å². The SMILES string of the molecule is CCNC(=NCC1(c2cccc(F)c2)CCOCC1)NC1CCC(SC)C1.I. The summed E-state index contributed by atoms with van der Waals surface area (Å²) >= 11 is 1.96. The van der Waals surface area contributed by atoms with Crippen LogP contribution in [-0.4, -0.2) is 49.8 Å². The van der Waals surface area contributed by atoms with E-state index < -0.39 is 0 Å². The van der Waals surface area contributed by atoms with E-state index in [-0.39, 0.29) is 35.2 Å². The van der Waals surface area contributed by atoms with Crippen LogP contribution in [0.5, 0.6) is 0 Å². The fourth-order valence-corrected chi connectivity index (χ4v) is 4.94. The summed E-state index contributed by atoms with van der Waals surface area (Å²) in [5, 5.41) is 7.76. The zero-order valence-corrected chi connectivity index (χ0v) is 20.0. The average molecular weight is 521 g/mol. The molecule has 1 aliphatic carbocycles. The van der Waals surface area contributed by atoms with Crippen molar-refractivity contribution in [1.82, 2.24) is 10.6 Å². The third-order valence-electron chi connectivity index (χ3n) is 5.83. The minimum atomic E-state index is -0.179. The van der Waals surface area contributed by atoms with Crippen molar-refractivity contribution in [2.45, 2.75) is 55.7 Å².